The lowest BCUT2D eigenvalue weighted by Crippen LogP contribution is -2.08. The topological polar surface area (TPSA) is 64.9 Å². The number of halogens is 2. The van der Waals surface area contributed by atoms with E-state index in [9.17, 15) is 4.39 Å². The largest absolute Gasteiger partial charge is 0.339 e. The van der Waals surface area contributed by atoms with E-state index < -0.39 is 0 Å². The second-order valence-electron chi connectivity index (χ2n) is 3.72. The average Bonchev–Trinajstić information content (AvgIpc) is 2.80. The molecule has 0 aliphatic carbocycles. The first-order valence-electron chi connectivity index (χ1n) is 5.11. The predicted octanol–water partition coefficient (Wildman–Crippen LogP) is 2.70. The van der Waals surface area contributed by atoms with Crippen molar-refractivity contribution in [3.8, 4) is 11.4 Å². The number of nitrogens with zero attached hydrogens (tertiary/aromatic N) is 2. The molecule has 1 unspecified atom stereocenters. The molecule has 2 N–H and O–H groups in total. The number of hydrogen-bond donors (Lipinski definition) is 1. The van der Waals surface area contributed by atoms with Gasteiger partial charge in [0.15, 0.2) is 0 Å². The molecule has 2 aromatic rings. The van der Waals surface area contributed by atoms with E-state index in [4.69, 9.17) is 10.3 Å². The zero-order valence-electron chi connectivity index (χ0n) is 9.15. The van der Waals surface area contributed by atoms with Crippen molar-refractivity contribution in [2.24, 2.45) is 5.73 Å². The van der Waals surface area contributed by atoms with Gasteiger partial charge < -0.3 is 10.3 Å². The van der Waals surface area contributed by atoms with Crippen LogP contribution in [0.25, 0.3) is 11.4 Å². The zero-order chi connectivity index (χ0) is 12.4. The van der Waals surface area contributed by atoms with Crippen molar-refractivity contribution >= 4 is 15.9 Å². The molecule has 0 fully saturated rings. The Bertz CT molecular complexity index is 529. The molecule has 6 heteroatoms. The number of rotatable bonds is 3. The molecule has 1 atom stereocenters. The summed E-state index contributed by atoms with van der Waals surface area (Å²) in [5, 5.41) is 3.82. The van der Waals surface area contributed by atoms with E-state index in [0.29, 0.717) is 28.3 Å². The molecule has 0 radical (unpaired) electrons. The minimum Gasteiger partial charge on any atom is -0.339 e. The van der Waals surface area contributed by atoms with Gasteiger partial charge in [0.05, 0.1) is 0 Å². The Morgan fingerprint density at radius 3 is 3.00 bits per heavy atom. The van der Waals surface area contributed by atoms with E-state index in [2.05, 4.69) is 26.1 Å². The third-order valence-corrected chi connectivity index (χ3v) is 3.08. The van der Waals surface area contributed by atoms with Gasteiger partial charge in [-0.15, -0.1) is 0 Å². The third-order valence-electron chi connectivity index (χ3n) is 2.39. The van der Waals surface area contributed by atoms with E-state index in [-0.39, 0.29) is 11.7 Å². The SMILES string of the molecule is CC(CN)c1nc(-c2cc(F)ccc2Br)no1. The first-order valence-corrected chi connectivity index (χ1v) is 5.90. The first kappa shape index (κ1) is 12.2. The van der Waals surface area contributed by atoms with Gasteiger partial charge in [-0.1, -0.05) is 28.0 Å². The fourth-order valence-corrected chi connectivity index (χ4v) is 1.74. The fourth-order valence-electron chi connectivity index (χ4n) is 1.31. The Hall–Kier alpha value is -1.27. The van der Waals surface area contributed by atoms with Crippen molar-refractivity contribution in [1.82, 2.24) is 10.1 Å². The van der Waals surface area contributed by atoms with Crippen molar-refractivity contribution in [2.45, 2.75) is 12.8 Å². The standard InChI is InChI=1S/C11H11BrFN3O/c1-6(5-14)11-15-10(16-17-11)8-4-7(13)2-3-9(8)12/h2-4,6H,5,14H2,1H3. The third kappa shape index (κ3) is 2.53. The lowest BCUT2D eigenvalue weighted by Gasteiger charge is -2.00. The summed E-state index contributed by atoms with van der Waals surface area (Å²) in [6.07, 6.45) is 0. The Morgan fingerprint density at radius 2 is 2.29 bits per heavy atom. The van der Waals surface area contributed by atoms with Crippen LogP contribution in [0.3, 0.4) is 0 Å². The molecule has 0 saturated heterocycles. The molecule has 4 nitrogen and oxygen atoms in total. The summed E-state index contributed by atoms with van der Waals surface area (Å²) in [5.41, 5.74) is 6.07. The molecule has 0 spiro atoms. The molecule has 17 heavy (non-hydrogen) atoms. The quantitative estimate of drug-likeness (QED) is 0.946. The van der Waals surface area contributed by atoms with Crippen LogP contribution in [0.5, 0.6) is 0 Å². The van der Waals surface area contributed by atoms with Crippen molar-refractivity contribution in [1.29, 1.82) is 0 Å². The van der Waals surface area contributed by atoms with Crippen LogP contribution in [-0.2, 0) is 0 Å². The average molecular weight is 300 g/mol. The van der Waals surface area contributed by atoms with Gasteiger partial charge in [-0.25, -0.2) is 4.39 Å². The highest BCUT2D eigenvalue weighted by atomic mass is 79.9. The predicted molar refractivity (Wildman–Crippen MR) is 64.9 cm³/mol. The second kappa shape index (κ2) is 4.93. The first-order chi connectivity index (χ1) is 8.11. The Kier molecular flexibility index (Phi) is 3.54. The zero-order valence-corrected chi connectivity index (χ0v) is 10.7. The van der Waals surface area contributed by atoms with E-state index in [1.54, 1.807) is 6.07 Å². The molecule has 1 aromatic heterocycles. The summed E-state index contributed by atoms with van der Waals surface area (Å²) in [4.78, 5) is 4.20. The molecule has 0 amide bonds. The Labute approximate surface area is 106 Å². The van der Waals surface area contributed by atoms with E-state index >= 15 is 0 Å². The number of benzene rings is 1. The molecule has 1 heterocycles. The molecule has 0 aliphatic rings. The minimum atomic E-state index is -0.346. The number of hydrogen-bond acceptors (Lipinski definition) is 4. The smallest absolute Gasteiger partial charge is 0.231 e. The molecule has 1 aromatic carbocycles. The van der Waals surface area contributed by atoms with Gasteiger partial charge in [-0.05, 0) is 18.2 Å². The highest BCUT2D eigenvalue weighted by Crippen LogP contribution is 2.27. The summed E-state index contributed by atoms with van der Waals surface area (Å²) in [6, 6.07) is 4.32. The highest BCUT2D eigenvalue weighted by molar-refractivity contribution is 9.10. The van der Waals surface area contributed by atoms with Crippen LogP contribution in [0.1, 0.15) is 18.7 Å². The van der Waals surface area contributed by atoms with Gasteiger partial charge in [-0.3, -0.25) is 0 Å². The summed E-state index contributed by atoms with van der Waals surface area (Å²) >= 11 is 3.32. The lowest BCUT2D eigenvalue weighted by atomic mass is 10.2. The van der Waals surface area contributed by atoms with Gasteiger partial charge in [-0.2, -0.15) is 4.98 Å². The van der Waals surface area contributed by atoms with Gasteiger partial charge in [0, 0.05) is 22.5 Å². The summed E-state index contributed by atoms with van der Waals surface area (Å²) in [6.45, 7) is 2.31. The molecule has 0 aliphatic heterocycles. The molecule has 0 saturated carbocycles. The van der Waals surface area contributed by atoms with Crippen LogP contribution in [0, 0.1) is 5.82 Å². The molecule has 2 rings (SSSR count). The Balaban J connectivity index is 2.40. The maximum absolute atomic E-state index is 13.1. The Morgan fingerprint density at radius 1 is 1.53 bits per heavy atom. The summed E-state index contributed by atoms with van der Waals surface area (Å²) in [5.74, 6) is 0.454. The molecular formula is C11H11BrFN3O. The van der Waals surface area contributed by atoms with E-state index in [1.807, 2.05) is 6.92 Å². The maximum atomic E-state index is 13.1. The van der Waals surface area contributed by atoms with Crippen LogP contribution < -0.4 is 5.73 Å². The molecule has 0 bridgehead atoms. The normalized spacial score (nSPS) is 12.7. The van der Waals surface area contributed by atoms with Crippen LogP contribution in [0.4, 0.5) is 4.39 Å². The number of nitrogens with two attached hydrogens (primary N) is 1. The van der Waals surface area contributed by atoms with Crippen molar-refractivity contribution < 1.29 is 8.91 Å². The van der Waals surface area contributed by atoms with Gasteiger partial charge >= 0.3 is 0 Å². The molecule has 90 valence electrons. The minimum absolute atomic E-state index is 0.0106. The fraction of sp³-hybridized carbons (Fsp3) is 0.273. The van der Waals surface area contributed by atoms with Crippen LogP contribution in [0.15, 0.2) is 27.2 Å². The van der Waals surface area contributed by atoms with Crippen molar-refractivity contribution in [3.63, 3.8) is 0 Å². The summed E-state index contributed by atoms with van der Waals surface area (Å²) in [7, 11) is 0. The van der Waals surface area contributed by atoms with Gasteiger partial charge in [0.2, 0.25) is 11.7 Å². The monoisotopic (exact) mass is 299 g/mol. The maximum Gasteiger partial charge on any atom is 0.231 e. The van der Waals surface area contributed by atoms with Gasteiger partial charge in [0.25, 0.3) is 0 Å². The number of aromatic nitrogens is 2. The lowest BCUT2D eigenvalue weighted by molar-refractivity contribution is 0.361. The summed E-state index contributed by atoms with van der Waals surface area (Å²) < 4.78 is 18.9. The van der Waals surface area contributed by atoms with Crippen LogP contribution in [0.2, 0.25) is 0 Å². The van der Waals surface area contributed by atoms with Gasteiger partial charge in [0.1, 0.15) is 5.82 Å². The van der Waals surface area contributed by atoms with E-state index in [0.717, 1.165) is 0 Å². The van der Waals surface area contributed by atoms with Crippen molar-refractivity contribution in [3.05, 3.63) is 34.4 Å². The van der Waals surface area contributed by atoms with Crippen molar-refractivity contribution in [2.75, 3.05) is 6.54 Å². The second-order valence-corrected chi connectivity index (χ2v) is 4.57. The molecular weight excluding hydrogens is 289 g/mol. The highest BCUT2D eigenvalue weighted by Gasteiger charge is 2.15. The van der Waals surface area contributed by atoms with Crippen LogP contribution in [-0.4, -0.2) is 16.7 Å². The van der Waals surface area contributed by atoms with E-state index in [1.165, 1.54) is 12.1 Å². The van der Waals surface area contributed by atoms with Crippen LogP contribution >= 0.6 is 15.9 Å².